The van der Waals surface area contributed by atoms with Crippen molar-refractivity contribution in [2.45, 2.75) is 19.8 Å². The number of likely N-dealkylation sites (tertiary alicyclic amines) is 1. The van der Waals surface area contributed by atoms with E-state index in [1.165, 1.54) is 0 Å². The molecule has 1 saturated heterocycles. The number of hydrogen-bond donors (Lipinski definition) is 1. The van der Waals surface area contributed by atoms with Gasteiger partial charge in [0.2, 0.25) is 0 Å². The van der Waals surface area contributed by atoms with Gasteiger partial charge >= 0.3 is 5.97 Å². The van der Waals surface area contributed by atoms with Gasteiger partial charge in [0.25, 0.3) is 5.91 Å². The molecular formula is C15H19NO4. The molecule has 2 rings (SSSR count). The second kappa shape index (κ2) is 6.41. The van der Waals surface area contributed by atoms with Crippen molar-refractivity contribution in [1.82, 2.24) is 4.90 Å². The SMILES string of the molecule is CC1CCN(C(=O)c2cccc(OCC(=O)O)c2)CC1. The van der Waals surface area contributed by atoms with Crippen LogP contribution in [-0.2, 0) is 4.79 Å². The van der Waals surface area contributed by atoms with E-state index in [0.29, 0.717) is 17.2 Å². The molecule has 0 saturated carbocycles. The van der Waals surface area contributed by atoms with E-state index in [0.717, 1.165) is 25.9 Å². The highest BCUT2D eigenvalue weighted by Gasteiger charge is 2.21. The Hall–Kier alpha value is -2.04. The van der Waals surface area contributed by atoms with E-state index >= 15 is 0 Å². The molecule has 0 atom stereocenters. The first-order valence-electron chi connectivity index (χ1n) is 6.80. The third-order valence-corrected chi connectivity index (χ3v) is 3.51. The molecular weight excluding hydrogens is 258 g/mol. The molecule has 5 nitrogen and oxygen atoms in total. The molecule has 1 heterocycles. The fraction of sp³-hybridized carbons (Fsp3) is 0.467. The number of benzene rings is 1. The number of hydrogen-bond acceptors (Lipinski definition) is 3. The van der Waals surface area contributed by atoms with Gasteiger partial charge in [-0.1, -0.05) is 13.0 Å². The molecule has 0 bridgehead atoms. The first-order chi connectivity index (χ1) is 9.56. The highest BCUT2D eigenvalue weighted by Crippen LogP contribution is 2.20. The van der Waals surface area contributed by atoms with Crippen LogP contribution in [0.5, 0.6) is 5.75 Å². The number of nitrogens with zero attached hydrogens (tertiary/aromatic N) is 1. The number of carboxylic acid groups (broad SMARTS) is 1. The molecule has 0 spiro atoms. The lowest BCUT2D eigenvalue weighted by Gasteiger charge is -2.30. The molecule has 1 N–H and O–H groups in total. The summed E-state index contributed by atoms with van der Waals surface area (Å²) in [6.45, 7) is 3.35. The second-order valence-electron chi connectivity index (χ2n) is 5.18. The average Bonchev–Trinajstić information content (AvgIpc) is 2.45. The van der Waals surface area contributed by atoms with Gasteiger partial charge in [0.15, 0.2) is 6.61 Å². The Morgan fingerprint density at radius 1 is 1.35 bits per heavy atom. The van der Waals surface area contributed by atoms with Gasteiger partial charge in [0.05, 0.1) is 0 Å². The molecule has 0 aliphatic carbocycles. The molecule has 5 heteroatoms. The summed E-state index contributed by atoms with van der Waals surface area (Å²) < 4.78 is 5.09. The van der Waals surface area contributed by atoms with E-state index in [-0.39, 0.29) is 5.91 Å². The summed E-state index contributed by atoms with van der Waals surface area (Å²) >= 11 is 0. The third kappa shape index (κ3) is 3.73. The lowest BCUT2D eigenvalue weighted by atomic mass is 9.98. The molecule has 1 amide bonds. The maximum absolute atomic E-state index is 12.4. The fourth-order valence-electron chi connectivity index (χ4n) is 2.26. The average molecular weight is 277 g/mol. The van der Waals surface area contributed by atoms with Gasteiger partial charge in [-0.15, -0.1) is 0 Å². The van der Waals surface area contributed by atoms with E-state index in [1.54, 1.807) is 24.3 Å². The summed E-state index contributed by atoms with van der Waals surface area (Å²) in [6.07, 6.45) is 2.06. The minimum absolute atomic E-state index is 0.0160. The van der Waals surface area contributed by atoms with Crippen LogP contribution in [0.15, 0.2) is 24.3 Å². The van der Waals surface area contributed by atoms with Gasteiger partial charge < -0.3 is 14.7 Å². The number of amides is 1. The van der Waals surface area contributed by atoms with E-state index in [4.69, 9.17) is 9.84 Å². The number of carbonyl (C=O) groups is 2. The summed E-state index contributed by atoms with van der Waals surface area (Å²) in [6, 6.07) is 6.69. The Kier molecular flexibility index (Phi) is 4.61. The van der Waals surface area contributed by atoms with Gasteiger partial charge in [0, 0.05) is 18.7 Å². The zero-order valence-corrected chi connectivity index (χ0v) is 11.5. The summed E-state index contributed by atoms with van der Waals surface area (Å²) in [5.41, 5.74) is 0.544. The Morgan fingerprint density at radius 2 is 2.05 bits per heavy atom. The normalized spacial score (nSPS) is 15.9. The Balaban J connectivity index is 2.02. The van der Waals surface area contributed by atoms with Crippen molar-refractivity contribution >= 4 is 11.9 Å². The Labute approximate surface area is 118 Å². The van der Waals surface area contributed by atoms with Crippen molar-refractivity contribution in [2.75, 3.05) is 19.7 Å². The maximum Gasteiger partial charge on any atom is 0.341 e. The number of ether oxygens (including phenoxy) is 1. The highest BCUT2D eigenvalue weighted by atomic mass is 16.5. The largest absolute Gasteiger partial charge is 0.482 e. The molecule has 1 aromatic rings. The Bertz CT molecular complexity index is 492. The minimum atomic E-state index is -1.04. The van der Waals surface area contributed by atoms with E-state index in [2.05, 4.69) is 6.92 Å². The van der Waals surface area contributed by atoms with Crippen LogP contribution in [0.4, 0.5) is 0 Å². The van der Waals surface area contributed by atoms with E-state index < -0.39 is 12.6 Å². The first kappa shape index (κ1) is 14.4. The number of aliphatic carboxylic acids is 1. The summed E-state index contributed by atoms with van der Waals surface area (Å²) in [4.78, 5) is 24.7. The van der Waals surface area contributed by atoms with Crippen LogP contribution in [0, 0.1) is 5.92 Å². The smallest absolute Gasteiger partial charge is 0.341 e. The minimum Gasteiger partial charge on any atom is -0.482 e. The first-order valence-corrected chi connectivity index (χ1v) is 6.80. The number of rotatable bonds is 4. The fourth-order valence-corrected chi connectivity index (χ4v) is 2.26. The molecule has 20 heavy (non-hydrogen) atoms. The molecule has 1 aliphatic rings. The number of carboxylic acids is 1. The van der Waals surface area contributed by atoms with Crippen LogP contribution in [0.1, 0.15) is 30.1 Å². The standard InChI is InChI=1S/C15H19NO4/c1-11-5-7-16(8-6-11)15(19)12-3-2-4-13(9-12)20-10-14(17)18/h2-4,9,11H,5-8,10H2,1H3,(H,17,18). The molecule has 0 aromatic heterocycles. The summed E-state index contributed by atoms with van der Waals surface area (Å²) in [5.74, 6) is 0.0253. The predicted molar refractivity (Wildman–Crippen MR) is 73.9 cm³/mol. The van der Waals surface area contributed by atoms with Crippen molar-refractivity contribution in [1.29, 1.82) is 0 Å². The van der Waals surface area contributed by atoms with Crippen LogP contribution in [0.3, 0.4) is 0 Å². The van der Waals surface area contributed by atoms with Crippen LogP contribution in [0.2, 0.25) is 0 Å². The monoisotopic (exact) mass is 277 g/mol. The summed E-state index contributed by atoms with van der Waals surface area (Å²) in [5, 5.41) is 8.58. The van der Waals surface area contributed by atoms with Crippen molar-refractivity contribution < 1.29 is 19.4 Å². The zero-order valence-electron chi connectivity index (χ0n) is 11.5. The van der Waals surface area contributed by atoms with Gasteiger partial charge in [0.1, 0.15) is 5.75 Å². The quantitative estimate of drug-likeness (QED) is 0.914. The van der Waals surface area contributed by atoms with E-state index in [9.17, 15) is 9.59 Å². The highest BCUT2D eigenvalue weighted by molar-refractivity contribution is 5.94. The molecule has 0 radical (unpaired) electrons. The zero-order chi connectivity index (χ0) is 14.5. The molecule has 1 aromatic carbocycles. The van der Waals surface area contributed by atoms with Gasteiger partial charge in [-0.05, 0) is 37.0 Å². The van der Waals surface area contributed by atoms with Crippen LogP contribution < -0.4 is 4.74 Å². The maximum atomic E-state index is 12.4. The van der Waals surface area contributed by atoms with Crippen molar-refractivity contribution in [3.05, 3.63) is 29.8 Å². The lowest BCUT2D eigenvalue weighted by molar-refractivity contribution is -0.139. The topological polar surface area (TPSA) is 66.8 Å². The molecule has 1 fully saturated rings. The summed E-state index contributed by atoms with van der Waals surface area (Å²) in [7, 11) is 0. The van der Waals surface area contributed by atoms with Crippen LogP contribution >= 0.6 is 0 Å². The number of piperidine rings is 1. The van der Waals surface area contributed by atoms with Gasteiger partial charge in [-0.2, -0.15) is 0 Å². The predicted octanol–water partition coefficient (Wildman–Crippen LogP) is 2.02. The second-order valence-corrected chi connectivity index (χ2v) is 5.18. The number of carbonyl (C=O) groups excluding carboxylic acids is 1. The van der Waals surface area contributed by atoms with Crippen LogP contribution in [-0.4, -0.2) is 41.6 Å². The van der Waals surface area contributed by atoms with Crippen LogP contribution in [0.25, 0.3) is 0 Å². The lowest BCUT2D eigenvalue weighted by Crippen LogP contribution is -2.37. The van der Waals surface area contributed by atoms with Crippen molar-refractivity contribution in [2.24, 2.45) is 5.92 Å². The van der Waals surface area contributed by atoms with Crippen molar-refractivity contribution in [3.8, 4) is 5.75 Å². The van der Waals surface area contributed by atoms with E-state index in [1.807, 2.05) is 4.90 Å². The van der Waals surface area contributed by atoms with Crippen molar-refractivity contribution in [3.63, 3.8) is 0 Å². The third-order valence-electron chi connectivity index (χ3n) is 3.51. The molecule has 108 valence electrons. The van der Waals surface area contributed by atoms with Gasteiger partial charge in [-0.25, -0.2) is 4.79 Å². The molecule has 1 aliphatic heterocycles. The molecule has 0 unspecified atom stereocenters. The van der Waals surface area contributed by atoms with Gasteiger partial charge in [-0.3, -0.25) is 4.79 Å². The Morgan fingerprint density at radius 3 is 2.70 bits per heavy atom.